The Hall–Kier alpha value is -0.450. The smallest absolute Gasteiger partial charge is 0.0410 e. The van der Waals surface area contributed by atoms with Crippen molar-refractivity contribution in [3.63, 3.8) is 0 Å². The van der Waals surface area contributed by atoms with Gasteiger partial charge in [-0.3, -0.25) is 9.88 Å². The van der Waals surface area contributed by atoms with Crippen LogP contribution in [0.5, 0.6) is 0 Å². The molecule has 3 nitrogen and oxygen atoms in total. The zero-order valence-corrected chi connectivity index (χ0v) is 14.8. The maximum Gasteiger partial charge on any atom is 0.0410 e. The van der Waals surface area contributed by atoms with Crippen LogP contribution in [0.25, 0.3) is 0 Å². The Balaban J connectivity index is 2.96. The van der Waals surface area contributed by atoms with Crippen LogP contribution in [-0.2, 0) is 6.42 Å². The van der Waals surface area contributed by atoms with Crippen LogP contribution in [-0.4, -0.2) is 34.6 Å². The van der Waals surface area contributed by atoms with Crippen molar-refractivity contribution >= 4 is 15.9 Å². The standard InChI is InChI=1S/C16H28BrN3/c1-5-16(6-2,20(7-3)8-4)15(18)10-13-9-14(17)12-19-11-13/h9,11-12,15H,5-8,10,18H2,1-4H3. The molecule has 2 N–H and O–H groups in total. The van der Waals surface area contributed by atoms with E-state index in [4.69, 9.17) is 5.73 Å². The monoisotopic (exact) mass is 341 g/mol. The summed E-state index contributed by atoms with van der Waals surface area (Å²) in [5, 5.41) is 0. The highest BCUT2D eigenvalue weighted by molar-refractivity contribution is 9.10. The zero-order chi connectivity index (χ0) is 15.2. The van der Waals surface area contributed by atoms with Gasteiger partial charge in [-0.15, -0.1) is 0 Å². The van der Waals surface area contributed by atoms with E-state index in [0.717, 1.165) is 36.8 Å². The summed E-state index contributed by atoms with van der Waals surface area (Å²) in [5.74, 6) is 0. The fraction of sp³-hybridized carbons (Fsp3) is 0.688. The lowest BCUT2D eigenvalue weighted by molar-refractivity contribution is 0.0628. The fourth-order valence-electron chi connectivity index (χ4n) is 3.32. The lowest BCUT2D eigenvalue weighted by Crippen LogP contribution is -2.60. The molecule has 1 unspecified atom stereocenters. The number of aromatic nitrogens is 1. The van der Waals surface area contributed by atoms with Crippen LogP contribution in [0.15, 0.2) is 22.9 Å². The molecule has 114 valence electrons. The summed E-state index contributed by atoms with van der Waals surface area (Å²) in [6.07, 6.45) is 6.75. The third-order valence-corrected chi connectivity index (χ3v) is 4.96. The normalized spacial score (nSPS) is 13.8. The molecule has 0 spiro atoms. The second kappa shape index (κ2) is 8.11. The van der Waals surface area contributed by atoms with Crippen LogP contribution in [0.2, 0.25) is 0 Å². The molecule has 0 bridgehead atoms. The number of likely N-dealkylation sites (N-methyl/N-ethyl adjacent to an activating group) is 1. The first-order valence-corrected chi connectivity index (χ1v) is 8.43. The van der Waals surface area contributed by atoms with Gasteiger partial charge in [0.05, 0.1) is 0 Å². The van der Waals surface area contributed by atoms with Gasteiger partial charge in [-0.1, -0.05) is 27.7 Å². The van der Waals surface area contributed by atoms with E-state index in [1.54, 1.807) is 0 Å². The van der Waals surface area contributed by atoms with E-state index in [1.807, 2.05) is 12.4 Å². The Morgan fingerprint density at radius 3 is 2.25 bits per heavy atom. The number of rotatable bonds is 8. The molecule has 0 fully saturated rings. The van der Waals surface area contributed by atoms with Gasteiger partial charge in [-0.05, 0) is 59.9 Å². The average Bonchev–Trinajstić information content (AvgIpc) is 2.44. The van der Waals surface area contributed by atoms with Crippen LogP contribution >= 0.6 is 15.9 Å². The minimum Gasteiger partial charge on any atom is -0.326 e. The number of pyridine rings is 1. The number of halogens is 1. The van der Waals surface area contributed by atoms with Crippen LogP contribution in [0.1, 0.15) is 46.1 Å². The maximum atomic E-state index is 6.62. The molecule has 0 aliphatic rings. The quantitative estimate of drug-likeness (QED) is 0.785. The van der Waals surface area contributed by atoms with Crippen molar-refractivity contribution in [2.75, 3.05) is 13.1 Å². The SMILES string of the molecule is CCN(CC)C(CC)(CC)C(N)Cc1cncc(Br)c1. The first kappa shape index (κ1) is 17.6. The zero-order valence-electron chi connectivity index (χ0n) is 13.2. The molecule has 20 heavy (non-hydrogen) atoms. The molecule has 1 aromatic heterocycles. The van der Waals surface area contributed by atoms with Crippen molar-refractivity contribution in [3.8, 4) is 0 Å². The van der Waals surface area contributed by atoms with E-state index in [-0.39, 0.29) is 11.6 Å². The minimum atomic E-state index is 0.0752. The second-order valence-corrected chi connectivity index (χ2v) is 6.22. The molecule has 4 heteroatoms. The van der Waals surface area contributed by atoms with Gasteiger partial charge in [0.2, 0.25) is 0 Å². The molecule has 0 saturated heterocycles. The number of nitrogens with zero attached hydrogens (tertiary/aromatic N) is 2. The van der Waals surface area contributed by atoms with Gasteiger partial charge in [0, 0.05) is 28.4 Å². The van der Waals surface area contributed by atoms with E-state index in [0.29, 0.717) is 0 Å². The lowest BCUT2D eigenvalue weighted by Gasteiger charge is -2.46. The van der Waals surface area contributed by atoms with Crippen LogP contribution in [0.3, 0.4) is 0 Å². The summed E-state index contributed by atoms with van der Waals surface area (Å²) < 4.78 is 1.02. The Labute approximate surface area is 132 Å². The lowest BCUT2D eigenvalue weighted by atomic mass is 9.80. The fourth-order valence-corrected chi connectivity index (χ4v) is 3.73. The van der Waals surface area contributed by atoms with Gasteiger partial charge in [0.25, 0.3) is 0 Å². The number of hydrogen-bond acceptors (Lipinski definition) is 3. The molecule has 1 rings (SSSR count). The summed E-state index contributed by atoms with van der Waals surface area (Å²) in [7, 11) is 0. The van der Waals surface area contributed by atoms with Crippen molar-refractivity contribution in [2.24, 2.45) is 5.73 Å². The van der Waals surface area contributed by atoms with E-state index in [2.05, 4.69) is 59.6 Å². The Kier molecular flexibility index (Phi) is 7.13. The highest BCUT2D eigenvalue weighted by Gasteiger charge is 2.37. The highest BCUT2D eigenvalue weighted by atomic mass is 79.9. The number of hydrogen-bond donors (Lipinski definition) is 1. The average molecular weight is 342 g/mol. The Morgan fingerprint density at radius 2 is 1.80 bits per heavy atom. The molecule has 0 aliphatic heterocycles. The molecule has 1 heterocycles. The van der Waals surface area contributed by atoms with Gasteiger partial charge in [-0.2, -0.15) is 0 Å². The van der Waals surface area contributed by atoms with Crippen LogP contribution in [0, 0.1) is 0 Å². The highest BCUT2D eigenvalue weighted by Crippen LogP contribution is 2.29. The van der Waals surface area contributed by atoms with Crippen molar-refractivity contribution in [2.45, 2.75) is 58.5 Å². The Bertz CT molecular complexity index is 400. The van der Waals surface area contributed by atoms with Gasteiger partial charge < -0.3 is 5.73 Å². The van der Waals surface area contributed by atoms with E-state index in [9.17, 15) is 0 Å². The van der Waals surface area contributed by atoms with Crippen LogP contribution < -0.4 is 5.73 Å². The largest absolute Gasteiger partial charge is 0.326 e. The van der Waals surface area contributed by atoms with Crippen molar-refractivity contribution in [1.29, 1.82) is 0 Å². The first-order valence-electron chi connectivity index (χ1n) is 7.64. The third-order valence-electron chi connectivity index (χ3n) is 4.53. The molecule has 0 radical (unpaired) electrons. The number of nitrogens with two attached hydrogens (primary N) is 1. The van der Waals surface area contributed by atoms with E-state index in [1.165, 1.54) is 5.56 Å². The Morgan fingerprint density at radius 1 is 1.20 bits per heavy atom. The summed E-state index contributed by atoms with van der Waals surface area (Å²) >= 11 is 3.48. The molecule has 0 aromatic carbocycles. The van der Waals surface area contributed by atoms with Crippen LogP contribution in [0.4, 0.5) is 0 Å². The van der Waals surface area contributed by atoms with E-state index < -0.39 is 0 Å². The van der Waals surface area contributed by atoms with Crippen molar-refractivity contribution in [3.05, 3.63) is 28.5 Å². The summed E-state index contributed by atoms with van der Waals surface area (Å²) in [6, 6.07) is 2.24. The predicted octanol–water partition coefficient (Wildman–Crippen LogP) is 3.61. The summed E-state index contributed by atoms with van der Waals surface area (Å²) in [4.78, 5) is 6.76. The van der Waals surface area contributed by atoms with Crippen molar-refractivity contribution in [1.82, 2.24) is 9.88 Å². The minimum absolute atomic E-state index is 0.0752. The topological polar surface area (TPSA) is 42.1 Å². The second-order valence-electron chi connectivity index (χ2n) is 5.30. The van der Waals surface area contributed by atoms with Gasteiger partial charge in [0.15, 0.2) is 0 Å². The van der Waals surface area contributed by atoms with E-state index >= 15 is 0 Å². The molecule has 0 amide bonds. The molecule has 1 aromatic rings. The first-order chi connectivity index (χ1) is 9.53. The van der Waals surface area contributed by atoms with Gasteiger partial charge >= 0.3 is 0 Å². The third kappa shape index (κ3) is 3.80. The summed E-state index contributed by atoms with van der Waals surface area (Å²) in [6.45, 7) is 11.0. The van der Waals surface area contributed by atoms with Crippen molar-refractivity contribution < 1.29 is 0 Å². The predicted molar refractivity (Wildman–Crippen MR) is 89.9 cm³/mol. The summed E-state index contributed by atoms with van der Waals surface area (Å²) in [5.41, 5.74) is 7.90. The molecule has 1 atom stereocenters. The molecule has 0 aliphatic carbocycles. The maximum absolute atomic E-state index is 6.62. The van der Waals surface area contributed by atoms with Gasteiger partial charge in [0.1, 0.15) is 0 Å². The molecular weight excluding hydrogens is 314 g/mol. The van der Waals surface area contributed by atoms with Gasteiger partial charge in [-0.25, -0.2) is 0 Å². The molecule has 0 saturated carbocycles. The molecular formula is C16H28BrN3.